The van der Waals surface area contributed by atoms with Gasteiger partial charge in [0.05, 0.1) is 6.04 Å². The number of carbonyl (C=O) groups excluding carboxylic acids is 2. The van der Waals surface area contributed by atoms with Gasteiger partial charge in [-0.2, -0.15) is 0 Å². The maximum absolute atomic E-state index is 11.9. The van der Waals surface area contributed by atoms with E-state index in [0.29, 0.717) is 18.7 Å². The van der Waals surface area contributed by atoms with Crippen LogP contribution in [0.15, 0.2) is 28.7 Å². The molecule has 0 unspecified atom stereocenters. The maximum atomic E-state index is 11.9. The average Bonchev–Trinajstić information content (AvgIpc) is 2.41. The molecule has 0 aliphatic rings. The number of nitrogens with one attached hydrogen (secondary N) is 2. The van der Waals surface area contributed by atoms with Gasteiger partial charge in [-0.3, -0.25) is 9.59 Å². The zero-order valence-electron chi connectivity index (χ0n) is 13.0. The summed E-state index contributed by atoms with van der Waals surface area (Å²) in [5, 5.41) is 5.46. The third-order valence-corrected chi connectivity index (χ3v) is 3.51. The topological polar surface area (TPSA) is 84.2 Å². The monoisotopic (exact) mass is 391 g/mol. The molecule has 0 saturated heterocycles. The van der Waals surface area contributed by atoms with Gasteiger partial charge in [0.15, 0.2) is 0 Å². The molecule has 0 saturated carbocycles. The Hall–Kier alpha value is -1.11. The summed E-state index contributed by atoms with van der Waals surface area (Å²) in [6.07, 6.45) is 0. The number of benzene rings is 1. The molecule has 0 bridgehead atoms. The lowest BCUT2D eigenvalue weighted by Crippen LogP contribution is -2.49. The van der Waals surface area contributed by atoms with Crippen LogP contribution in [0, 0.1) is 5.41 Å². The fraction of sp³-hybridized carbons (Fsp3) is 0.467. The van der Waals surface area contributed by atoms with Crippen molar-refractivity contribution in [2.24, 2.45) is 11.1 Å². The van der Waals surface area contributed by atoms with E-state index < -0.39 is 6.04 Å². The smallest absolute Gasteiger partial charge is 0.251 e. The van der Waals surface area contributed by atoms with E-state index in [4.69, 9.17) is 5.73 Å². The lowest BCUT2D eigenvalue weighted by atomic mass is 9.87. The molecule has 0 aliphatic heterocycles. The quantitative estimate of drug-likeness (QED) is 0.671. The molecule has 1 aromatic carbocycles. The molecule has 4 N–H and O–H groups in total. The Bertz CT molecular complexity index is 518. The number of halogens is 2. The Morgan fingerprint density at radius 1 is 1.23 bits per heavy atom. The second-order valence-corrected chi connectivity index (χ2v) is 6.82. The molecule has 1 atom stereocenters. The Labute approximate surface area is 145 Å². The number of hydrogen-bond acceptors (Lipinski definition) is 3. The van der Waals surface area contributed by atoms with E-state index >= 15 is 0 Å². The minimum Gasteiger partial charge on any atom is -0.353 e. The summed E-state index contributed by atoms with van der Waals surface area (Å²) in [5.41, 5.74) is 6.12. The number of hydrogen-bond donors (Lipinski definition) is 3. The van der Waals surface area contributed by atoms with E-state index in [9.17, 15) is 9.59 Å². The van der Waals surface area contributed by atoms with Crippen molar-refractivity contribution in [3.63, 3.8) is 0 Å². The van der Waals surface area contributed by atoms with Crippen LogP contribution in [-0.2, 0) is 4.79 Å². The van der Waals surface area contributed by atoms with Crippen molar-refractivity contribution >= 4 is 40.2 Å². The van der Waals surface area contributed by atoms with Crippen LogP contribution in [-0.4, -0.2) is 30.9 Å². The fourth-order valence-corrected chi connectivity index (χ4v) is 2.00. The second-order valence-electron chi connectivity index (χ2n) is 5.90. The summed E-state index contributed by atoms with van der Waals surface area (Å²) in [4.78, 5) is 23.7. The predicted molar refractivity (Wildman–Crippen MR) is 94.2 cm³/mol. The lowest BCUT2D eigenvalue weighted by Gasteiger charge is -2.25. The van der Waals surface area contributed by atoms with Gasteiger partial charge in [-0.15, -0.1) is 12.4 Å². The molecule has 5 nitrogen and oxygen atoms in total. The Balaban J connectivity index is 0.00000441. The molecule has 22 heavy (non-hydrogen) atoms. The van der Waals surface area contributed by atoms with Gasteiger partial charge in [-0.1, -0.05) is 42.8 Å². The van der Waals surface area contributed by atoms with Crippen molar-refractivity contribution in [3.8, 4) is 0 Å². The molecule has 2 amide bonds. The molecule has 124 valence electrons. The van der Waals surface area contributed by atoms with Gasteiger partial charge in [0.2, 0.25) is 5.91 Å². The molecular weight excluding hydrogens is 370 g/mol. The summed E-state index contributed by atoms with van der Waals surface area (Å²) in [6, 6.07) is 6.55. The highest BCUT2D eigenvalue weighted by Crippen LogP contribution is 2.17. The number of nitrogens with two attached hydrogens (primary N) is 1. The van der Waals surface area contributed by atoms with Crippen LogP contribution in [0.2, 0.25) is 0 Å². The molecule has 0 fully saturated rings. The van der Waals surface area contributed by atoms with Crippen LogP contribution >= 0.6 is 28.3 Å². The van der Waals surface area contributed by atoms with Gasteiger partial charge in [0.1, 0.15) is 0 Å². The molecule has 1 rings (SSSR count). The fourth-order valence-electron chi connectivity index (χ4n) is 1.60. The lowest BCUT2D eigenvalue weighted by molar-refractivity contribution is -0.124. The summed E-state index contributed by atoms with van der Waals surface area (Å²) < 4.78 is 0.847. The largest absolute Gasteiger partial charge is 0.353 e. The SMILES string of the molecule is CC(C)(C)[C@H](N)C(=O)NCCNC(=O)c1cccc(Br)c1.Cl. The van der Waals surface area contributed by atoms with Gasteiger partial charge >= 0.3 is 0 Å². The van der Waals surface area contributed by atoms with E-state index in [1.54, 1.807) is 18.2 Å². The van der Waals surface area contributed by atoms with Crippen LogP contribution in [0.4, 0.5) is 0 Å². The Morgan fingerprint density at radius 3 is 2.36 bits per heavy atom. The van der Waals surface area contributed by atoms with Crippen molar-refractivity contribution in [3.05, 3.63) is 34.3 Å². The molecule has 0 radical (unpaired) electrons. The third-order valence-electron chi connectivity index (χ3n) is 3.01. The molecule has 0 aliphatic carbocycles. The number of carbonyl (C=O) groups is 2. The first-order valence-electron chi connectivity index (χ1n) is 6.79. The highest BCUT2D eigenvalue weighted by Gasteiger charge is 2.26. The van der Waals surface area contributed by atoms with Crippen LogP contribution in [0.25, 0.3) is 0 Å². The zero-order valence-corrected chi connectivity index (χ0v) is 15.4. The van der Waals surface area contributed by atoms with E-state index in [1.807, 2.05) is 26.8 Å². The van der Waals surface area contributed by atoms with Gasteiger partial charge in [-0.05, 0) is 23.6 Å². The van der Waals surface area contributed by atoms with Crippen molar-refractivity contribution in [1.82, 2.24) is 10.6 Å². The van der Waals surface area contributed by atoms with Gasteiger partial charge in [0.25, 0.3) is 5.91 Å². The third kappa shape index (κ3) is 6.77. The average molecular weight is 393 g/mol. The van der Waals surface area contributed by atoms with Crippen LogP contribution in [0.5, 0.6) is 0 Å². The molecule has 0 heterocycles. The normalized spacial score (nSPS) is 12.0. The summed E-state index contributed by atoms with van der Waals surface area (Å²) in [6.45, 7) is 6.43. The van der Waals surface area contributed by atoms with Crippen LogP contribution < -0.4 is 16.4 Å². The van der Waals surface area contributed by atoms with Gasteiger partial charge in [0, 0.05) is 23.1 Å². The van der Waals surface area contributed by atoms with E-state index in [-0.39, 0.29) is 29.6 Å². The summed E-state index contributed by atoms with van der Waals surface area (Å²) in [7, 11) is 0. The molecule has 0 aromatic heterocycles. The van der Waals surface area contributed by atoms with Crippen LogP contribution in [0.3, 0.4) is 0 Å². The van der Waals surface area contributed by atoms with Crippen molar-refractivity contribution in [1.29, 1.82) is 0 Å². The first-order valence-corrected chi connectivity index (χ1v) is 7.58. The first kappa shape index (κ1) is 20.9. The van der Waals surface area contributed by atoms with E-state index in [1.165, 1.54) is 0 Å². The maximum Gasteiger partial charge on any atom is 0.251 e. The predicted octanol–water partition coefficient (Wildman–Crippen LogP) is 2.09. The second kappa shape index (κ2) is 9.12. The van der Waals surface area contributed by atoms with Crippen molar-refractivity contribution in [2.45, 2.75) is 26.8 Å². The minimum atomic E-state index is -0.571. The highest BCUT2D eigenvalue weighted by atomic mass is 79.9. The summed E-state index contributed by atoms with van der Waals surface area (Å²) >= 11 is 3.31. The van der Waals surface area contributed by atoms with Crippen molar-refractivity contribution < 1.29 is 9.59 Å². The van der Waals surface area contributed by atoms with E-state index in [2.05, 4.69) is 26.6 Å². The van der Waals surface area contributed by atoms with Crippen LogP contribution in [0.1, 0.15) is 31.1 Å². The first-order chi connectivity index (χ1) is 9.71. The molecule has 0 spiro atoms. The molecule has 1 aromatic rings. The standard InChI is InChI=1S/C15H22BrN3O2.ClH/c1-15(2,3)12(17)14(21)19-8-7-18-13(20)10-5-4-6-11(16)9-10;/h4-6,9,12H,7-8,17H2,1-3H3,(H,18,20)(H,19,21);1H/t12-;/m1./s1. The summed E-state index contributed by atoms with van der Waals surface area (Å²) in [5.74, 6) is -0.384. The van der Waals surface area contributed by atoms with E-state index in [0.717, 1.165) is 4.47 Å². The molecule has 7 heteroatoms. The Kier molecular flexibility index (Phi) is 8.66. The number of rotatable bonds is 5. The number of amides is 2. The van der Waals surface area contributed by atoms with Gasteiger partial charge in [-0.25, -0.2) is 0 Å². The highest BCUT2D eigenvalue weighted by molar-refractivity contribution is 9.10. The minimum absolute atomic E-state index is 0. The van der Waals surface area contributed by atoms with Gasteiger partial charge < -0.3 is 16.4 Å². The molecular formula is C15H23BrClN3O2. The zero-order chi connectivity index (χ0) is 16.0. The van der Waals surface area contributed by atoms with Crippen molar-refractivity contribution in [2.75, 3.05) is 13.1 Å². The Morgan fingerprint density at radius 2 is 1.82 bits per heavy atom.